The van der Waals surface area contributed by atoms with Crippen molar-refractivity contribution in [3.05, 3.63) is 124 Å². The summed E-state index contributed by atoms with van der Waals surface area (Å²) in [6.07, 6.45) is 0. The molecular formula is C26H19BrN2O4S. The summed E-state index contributed by atoms with van der Waals surface area (Å²) < 4.78 is 28.2. The summed E-state index contributed by atoms with van der Waals surface area (Å²) >= 11 is 3.38. The van der Waals surface area contributed by atoms with E-state index in [0.29, 0.717) is 32.5 Å². The normalized spacial score (nSPS) is 11.0. The highest BCUT2D eigenvalue weighted by Gasteiger charge is 2.17. The monoisotopic (exact) mass is 534 g/mol. The van der Waals surface area contributed by atoms with Crippen LogP contribution in [0.4, 0.5) is 11.4 Å². The fraction of sp³-hybridized carbons (Fsp3) is 0. The Kier molecular flexibility index (Phi) is 6.90. The average Bonchev–Trinajstić information content (AvgIpc) is 2.86. The molecule has 8 heteroatoms. The van der Waals surface area contributed by atoms with Crippen molar-refractivity contribution in [1.29, 1.82) is 0 Å². The number of carbonyl (C=O) groups excluding carboxylic acids is 2. The maximum absolute atomic E-state index is 13.0. The Morgan fingerprint density at radius 3 is 1.97 bits per heavy atom. The number of anilines is 2. The van der Waals surface area contributed by atoms with Gasteiger partial charge >= 0.3 is 0 Å². The molecule has 0 unspecified atom stereocenters. The third kappa shape index (κ3) is 5.41. The predicted octanol–water partition coefficient (Wildman–Crippen LogP) is 5.73. The largest absolute Gasteiger partial charge is 0.321 e. The molecule has 0 heterocycles. The second-order valence-corrected chi connectivity index (χ2v) is 9.93. The van der Waals surface area contributed by atoms with E-state index >= 15 is 0 Å². The summed E-state index contributed by atoms with van der Waals surface area (Å²) in [5.41, 5.74) is 1.86. The molecule has 0 saturated carbocycles. The molecule has 0 atom stereocenters. The Bertz CT molecular complexity index is 1440. The second-order valence-electron chi connectivity index (χ2n) is 7.34. The van der Waals surface area contributed by atoms with E-state index < -0.39 is 15.9 Å². The Morgan fingerprint density at radius 1 is 0.706 bits per heavy atom. The summed E-state index contributed by atoms with van der Waals surface area (Å²) in [4.78, 5) is 26.0. The Morgan fingerprint density at radius 2 is 1.32 bits per heavy atom. The number of rotatable bonds is 7. The topological polar surface area (TPSA) is 92.3 Å². The lowest BCUT2D eigenvalue weighted by atomic mass is 10.0. The van der Waals surface area contributed by atoms with Gasteiger partial charge in [0, 0.05) is 26.9 Å². The van der Waals surface area contributed by atoms with Gasteiger partial charge in [0.2, 0.25) is 0 Å². The van der Waals surface area contributed by atoms with Crippen LogP contribution in [-0.4, -0.2) is 20.1 Å². The Balaban J connectivity index is 1.52. The molecule has 0 saturated heterocycles. The van der Waals surface area contributed by atoms with Crippen molar-refractivity contribution in [2.45, 2.75) is 4.90 Å². The molecule has 4 rings (SSSR count). The summed E-state index contributed by atoms with van der Waals surface area (Å²) in [5.74, 6) is -0.648. The molecule has 0 aliphatic rings. The fourth-order valence-electron chi connectivity index (χ4n) is 3.26. The van der Waals surface area contributed by atoms with Crippen LogP contribution in [0.15, 0.2) is 112 Å². The number of halogens is 1. The van der Waals surface area contributed by atoms with Gasteiger partial charge in [-0.25, -0.2) is 8.42 Å². The van der Waals surface area contributed by atoms with Crippen LogP contribution in [0, 0.1) is 0 Å². The molecule has 170 valence electrons. The fourth-order valence-corrected chi connectivity index (χ4v) is 4.70. The first-order chi connectivity index (χ1) is 16.3. The SMILES string of the molecule is O=C(Nc1ccc(Br)cc1C(=O)c1ccccc1)c1ccc(NS(=O)(=O)c2ccccc2)cc1. The highest BCUT2D eigenvalue weighted by Crippen LogP contribution is 2.25. The van der Waals surface area contributed by atoms with Gasteiger partial charge in [0.25, 0.3) is 15.9 Å². The lowest BCUT2D eigenvalue weighted by Gasteiger charge is -2.12. The molecule has 0 aromatic heterocycles. The Labute approximate surface area is 205 Å². The molecule has 0 radical (unpaired) electrons. The van der Waals surface area contributed by atoms with Crippen molar-refractivity contribution in [2.75, 3.05) is 10.0 Å². The molecule has 6 nitrogen and oxygen atoms in total. The van der Waals surface area contributed by atoms with Crippen LogP contribution in [0.2, 0.25) is 0 Å². The van der Waals surface area contributed by atoms with Crippen molar-refractivity contribution < 1.29 is 18.0 Å². The van der Waals surface area contributed by atoms with E-state index in [9.17, 15) is 18.0 Å². The maximum Gasteiger partial charge on any atom is 0.261 e. The summed E-state index contributed by atoms with van der Waals surface area (Å²) in [7, 11) is -3.73. The van der Waals surface area contributed by atoms with E-state index in [4.69, 9.17) is 0 Å². The van der Waals surface area contributed by atoms with Gasteiger partial charge in [-0.05, 0) is 54.6 Å². The highest BCUT2D eigenvalue weighted by atomic mass is 79.9. The number of nitrogens with one attached hydrogen (secondary N) is 2. The predicted molar refractivity (Wildman–Crippen MR) is 136 cm³/mol. The third-order valence-corrected chi connectivity index (χ3v) is 6.85. The number of hydrogen-bond donors (Lipinski definition) is 2. The van der Waals surface area contributed by atoms with E-state index in [-0.39, 0.29) is 10.7 Å². The van der Waals surface area contributed by atoms with Crippen LogP contribution in [-0.2, 0) is 10.0 Å². The van der Waals surface area contributed by atoms with Gasteiger partial charge in [-0.15, -0.1) is 0 Å². The smallest absolute Gasteiger partial charge is 0.261 e. The Hall–Kier alpha value is -3.75. The minimum atomic E-state index is -3.73. The molecule has 0 fully saturated rings. The zero-order valence-corrected chi connectivity index (χ0v) is 20.1. The van der Waals surface area contributed by atoms with Gasteiger partial charge in [0.15, 0.2) is 5.78 Å². The molecule has 4 aromatic carbocycles. The molecule has 0 spiro atoms. The minimum absolute atomic E-state index is 0.141. The summed E-state index contributed by atoms with van der Waals surface area (Å²) in [5, 5.41) is 2.78. The minimum Gasteiger partial charge on any atom is -0.321 e. The first-order valence-electron chi connectivity index (χ1n) is 10.2. The molecule has 0 bridgehead atoms. The molecule has 0 aliphatic heterocycles. The highest BCUT2D eigenvalue weighted by molar-refractivity contribution is 9.10. The van der Waals surface area contributed by atoms with Crippen LogP contribution in [0.25, 0.3) is 0 Å². The molecule has 0 aliphatic carbocycles. The summed E-state index contributed by atoms with van der Waals surface area (Å²) in [6, 6.07) is 27.9. The van der Waals surface area contributed by atoms with Crippen LogP contribution in [0.3, 0.4) is 0 Å². The van der Waals surface area contributed by atoms with E-state index in [1.54, 1.807) is 60.7 Å². The van der Waals surface area contributed by atoms with Crippen LogP contribution < -0.4 is 10.0 Å². The molecule has 1 amide bonds. The van der Waals surface area contributed by atoms with Gasteiger partial charge in [-0.1, -0.05) is 64.5 Å². The van der Waals surface area contributed by atoms with Gasteiger partial charge in [-0.2, -0.15) is 0 Å². The van der Waals surface area contributed by atoms with E-state index in [1.807, 2.05) is 6.07 Å². The summed E-state index contributed by atoms with van der Waals surface area (Å²) in [6.45, 7) is 0. The third-order valence-electron chi connectivity index (χ3n) is 4.96. The van der Waals surface area contributed by atoms with Crippen molar-refractivity contribution in [3.8, 4) is 0 Å². The van der Waals surface area contributed by atoms with Gasteiger partial charge < -0.3 is 5.32 Å². The van der Waals surface area contributed by atoms with Crippen LogP contribution in [0.5, 0.6) is 0 Å². The number of amides is 1. The number of hydrogen-bond acceptors (Lipinski definition) is 4. The maximum atomic E-state index is 13.0. The van der Waals surface area contributed by atoms with E-state index in [2.05, 4.69) is 26.0 Å². The van der Waals surface area contributed by atoms with Crippen molar-refractivity contribution in [2.24, 2.45) is 0 Å². The van der Waals surface area contributed by atoms with Crippen LogP contribution >= 0.6 is 15.9 Å². The number of sulfonamides is 1. The zero-order chi connectivity index (χ0) is 24.1. The first-order valence-corrected chi connectivity index (χ1v) is 12.5. The lowest BCUT2D eigenvalue weighted by Crippen LogP contribution is -2.16. The number of ketones is 1. The lowest BCUT2D eigenvalue weighted by molar-refractivity contribution is 0.102. The molecule has 34 heavy (non-hydrogen) atoms. The number of carbonyl (C=O) groups is 2. The van der Waals surface area contributed by atoms with Crippen molar-refractivity contribution >= 4 is 49.0 Å². The number of benzene rings is 4. The average molecular weight is 535 g/mol. The first kappa shape index (κ1) is 23.4. The molecular weight excluding hydrogens is 516 g/mol. The zero-order valence-electron chi connectivity index (χ0n) is 17.7. The van der Waals surface area contributed by atoms with Crippen molar-refractivity contribution in [1.82, 2.24) is 0 Å². The van der Waals surface area contributed by atoms with E-state index in [1.165, 1.54) is 36.4 Å². The van der Waals surface area contributed by atoms with Gasteiger partial charge in [-0.3, -0.25) is 14.3 Å². The van der Waals surface area contributed by atoms with Crippen LogP contribution in [0.1, 0.15) is 26.3 Å². The van der Waals surface area contributed by atoms with E-state index in [0.717, 1.165) is 0 Å². The molecule has 4 aromatic rings. The second kappa shape index (κ2) is 10.0. The van der Waals surface area contributed by atoms with Gasteiger partial charge in [0.05, 0.1) is 10.6 Å². The van der Waals surface area contributed by atoms with Crippen molar-refractivity contribution in [3.63, 3.8) is 0 Å². The molecule has 2 N–H and O–H groups in total. The standard InChI is InChI=1S/C26H19BrN2O4S/c27-20-13-16-24(23(17-20)25(30)18-7-3-1-4-8-18)28-26(31)19-11-14-21(15-12-19)29-34(32,33)22-9-5-2-6-10-22/h1-17,29H,(H,28,31). The van der Waals surface area contributed by atoms with Gasteiger partial charge in [0.1, 0.15) is 0 Å². The quantitative estimate of drug-likeness (QED) is 0.296.